The summed E-state index contributed by atoms with van der Waals surface area (Å²) < 4.78 is 77.9. The van der Waals surface area contributed by atoms with E-state index < -0.39 is 30.9 Å². The summed E-state index contributed by atoms with van der Waals surface area (Å²) in [6, 6.07) is 10.0. The van der Waals surface area contributed by atoms with Crippen LogP contribution in [0.3, 0.4) is 0 Å². The molecule has 2 aromatic carbocycles. The van der Waals surface area contributed by atoms with Crippen LogP contribution in [0.25, 0.3) is 0 Å². The smallest absolute Gasteiger partial charge is 0.243 e. The van der Waals surface area contributed by atoms with E-state index in [9.17, 15) is 21.2 Å². The van der Waals surface area contributed by atoms with Gasteiger partial charge in [0.1, 0.15) is 19.0 Å². The number of hydrogen-bond donors (Lipinski definition) is 0. The van der Waals surface area contributed by atoms with E-state index in [0.717, 1.165) is 4.31 Å². The molecule has 7 nitrogen and oxygen atoms in total. The van der Waals surface area contributed by atoms with E-state index >= 15 is 0 Å². The highest BCUT2D eigenvalue weighted by atomic mass is 32.2. The van der Waals surface area contributed by atoms with Crippen LogP contribution in [0.2, 0.25) is 0 Å². The van der Waals surface area contributed by atoms with Gasteiger partial charge < -0.3 is 9.47 Å². The monoisotopic (exact) mass is 441 g/mol. The van der Waals surface area contributed by atoms with Crippen LogP contribution in [-0.4, -0.2) is 53.2 Å². The zero-order valence-electron chi connectivity index (χ0n) is 15.5. The van der Waals surface area contributed by atoms with Gasteiger partial charge in [-0.2, -0.15) is 4.31 Å². The first-order valence-electron chi connectivity index (χ1n) is 9.15. The van der Waals surface area contributed by atoms with E-state index in [2.05, 4.69) is 0 Å². The van der Waals surface area contributed by atoms with Gasteiger partial charge in [-0.3, -0.25) is 0 Å². The van der Waals surface area contributed by atoms with Crippen LogP contribution < -0.4 is 9.47 Å². The molecule has 156 valence electrons. The molecule has 1 fully saturated rings. The number of ether oxygens (including phenoxy) is 2. The fourth-order valence-electron chi connectivity index (χ4n) is 3.58. The molecule has 2 heterocycles. The molecule has 1 saturated heterocycles. The summed E-state index contributed by atoms with van der Waals surface area (Å²) in [5.74, 6) is -0.183. The molecule has 1 atom stereocenters. The van der Waals surface area contributed by atoms with Crippen molar-refractivity contribution in [2.75, 3.05) is 32.1 Å². The van der Waals surface area contributed by atoms with E-state index in [1.165, 1.54) is 36.4 Å². The van der Waals surface area contributed by atoms with E-state index in [4.69, 9.17) is 9.47 Å². The molecule has 0 unspecified atom stereocenters. The van der Waals surface area contributed by atoms with Gasteiger partial charge in [0.2, 0.25) is 10.0 Å². The fraction of sp³-hybridized carbons (Fsp3) is 0.368. The van der Waals surface area contributed by atoms with Crippen LogP contribution in [0.5, 0.6) is 11.5 Å². The Morgan fingerprint density at radius 1 is 1.00 bits per heavy atom. The van der Waals surface area contributed by atoms with E-state index in [-0.39, 0.29) is 35.7 Å². The average molecular weight is 442 g/mol. The molecule has 0 radical (unpaired) electrons. The molecule has 2 aliphatic rings. The Morgan fingerprint density at radius 2 is 1.72 bits per heavy atom. The van der Waals surface area contributed by atoms with Gasteiger partial charge in [-0.05, 0) is 24.6 Å². The third-order valence-corrected chi connectivity index (χ3v) is 9.11. The maximum absolute atomic E-state index is 14.2. The van der Waals surface area contributed by atoms with Gasteiger partial charge in [-0.25, -0.2) is 21.2 Å². The average Bonchev–Trinajstić information content (AvgIpc) is 2.86. The molecule has 0 aliphatic carbocycles. The Labute approximate surface area is 169 Å². The molecule has 2 aromatic rings. The van der Waals surface area contributed by atoms with Crippen molar-refractivity contribution in [3.05, 3.63) is 53.8 Å². The highest BCUT2D eigenvalue weighted by Crippen LogP contribution is 2.35. The number of halogens is 1. The third-order valence-electron chi connectivity index (χ3n) is 5.10. The minimum absolute atomic E-state index is 0.00323. The van der Waals surface area contributed by atoms with Crippen molar-refractivity contribution in [2.45, 2.75) is 16.6 Å². The van der Waals surface area contributed by atoms with Crippen LogP contribution in [0, 0.1) is 5.82 Å². The molecule has 0 aromatic heterocycles. The molecule has 0 bridgehead atoms. The standard InChI is InChI=1S/C19H20FNO6S2/c20-16-4-2-1-3-15(16)19-7-8-21(9-12-28(19,22)23)29(24,25)14-5-6-17-18(13-14)27-11-10-26-17/h1-6,13,19H,7-12H2/t19-/m0/s1. The maximum Gasteiger partial charge on any atom is 0.243 e. The molecule has 0 amide bonds. The van der Waals surface area contributed by atoms with Crippen molar-refractivity contribution in [2.24, 2.45) is 0 Å². The number of sulfone groups is 1. The largest absolute Gasteiger partial charge is 0.486 e. The number of nitrogens with zero attached hydrogens (tertiary/aromatic N) is 1. The normalized spacial score (nSPS) is 22.0. The first-order chi connectivity index (χ1) is 13.8. The lowest BCUT2D eigenvalue weighted by Crippen LogP contribution is -2.33. The van der Waals surface area contributed by atoms with Crippen LogP contribution in [0.1, 0.15) is 17.2 Å². The maximum atomic E-state index is 14.2. The Hall–Kier alpha value is -2.17. The van der Waals surface area contributed by atoms with Gasteiger partial charge in [-0.1, -0.05) is 18.2 Å². The van der Waals surface area contributed by atoms with Gasteiger partial charge in [0.25, 0.3) is 0 Å². The van der Waals surface area contributed by atoms with Crippen molar-refractivity contribution >= 4 is 19.9 Å². The molecule has 10 heteroatoms. The Kier molecular flexibility index (Phi) is 5.26. The summed E-state index contributed by atoms with van der Waals surface area (Å²) in [5, 5.41) is -1.08. The Balaban J connectivity index is 1.63. The van der Waals surface area contributed by atoms with Gasteiger partial charge >= 0.3 is 0 Å². The first-order valence-corrected chi connectivity index (χ1v) is 12.3. The number of benzene rings is 2. The second kappa shape index (κ2) is 7.58. The minimum Gasteiger partial charge on any atom is -0.486 e. The van der Waals surface area contributed by atoms with Crippen molar-refractivity contribution in [1.82, 2.24) is 4.31 Å². The predicted octanol–water partition coefficient (Wildman–Crippen LogP) is 2.15. The van der Waals surface area contributed by atoms with E-state index in [1.54, 1.807) is 6.07 Å². The summed E-state index contributed by atoms with van der Waals surface area (Å²) >= 11 is 0. The highest BCUT2D eigenvalue weighted by molar-refractivity contribution is 7.92. The third kappa shape index (κ3) is 3.84. The van der Waals surface area contributed by atoms with Gasteiger partial charge in [0, 0.05) is 24.7 Å². The molecule has 29 heavy (non-hydrogen) atoms. The lowest BCUT2D eigenvalue weighted by Gasteiger charge is -2.22. The van der Waals surface area contributed by atoms with Crippen molar-refractivity contribution < 1.29 is 30.7 Å². The quantitative estimate of drug-likeness (QED) is 0.725. The number of fused-ring (bicyclic) bond motifs is 1. The zero-order valence-corrected chi connectivity index (χ0v) is 17.1. The second-order valence-corrected chi connectivity index (χ2v) is 11.1. The first kappa shape index (κ1) is 20.1. The summed E-state index contributed by atoms with van der Waals surface area (Å²) in [7, 11) is -7.66. The SMILES string of the molecule is O=S1(=O)CCN(S(=O)(=O)c2ccc3c(c2)OCCO3)CC[C@H]1c1ccccc1F. The molecular weight excluding hydrogens is 421 g/mol. The van der Waals surface area contributed by atoms with Crippen LogP contribution in [0.15, 0.2) is 47.4 Å². The zero-order chi connectivity index (χ0) is 20.6. The van der Waals surface area contributed by atoms with Crippen LogP contribution in [0.4, 0.5) is 4.39 Å². The molecule has 0 saturated carbocycles. The number of sulfonamides is 1. The van der Waals surface area contributed by atoms with Crippen molar-refractivity contribution in [3.63, 3.8) is 0 Å². The predicted molar refractivity (Wildman–Crippen MR) is 104 cm³/mol. The number of hydrogen-bond acceptors (Lipinski definition) is 6. The van der Waals surface area contributed by atoms with Gasteiger partial charge in [0.15, 0.2) is 21.3 Å². The van der Waals surface area contributed by atoms with Gasteiger partial charge in [0.05, 0.1) is 15.9 Å². The van der Waals surface area contributed by atoms with E-state index in [0.29, 0.717) is 24.7 Å². The fourth-order valence-corrected chi connectivity index (χ4v) is 6.97. The van der Waals surface area contributed by atoms with Crippen LogP contribution in [-0.2, 0) is 19.9 Å². The molecule has 2 aliphatic heterocycles. The summed E-state index contributed by atoms with van der Waals surface area (Å²) in [4.78, 5) is 0.00323. The number of rotatable bonds is 3. The molecular formula is C19H20FNO6S2. The lowest BCUT2D eigenvalue weighted by atomic mass is 10.1. The van der Waals surface area contributed by atoms with Gasteiger partial charge in [-0.15, -0.1) is 0 Å². The molecule has 0 N–H and O–H groups in total. The van der Waals surface area contributed by atoms with Crippen LogP contribution >= 0.6 is 0 Å². The molecule has 0 spiro atoms. The van der Waals surface area contributed by atoms with Crippen molar-refractivity contribution in [1.29, 1.82) is 0 Å². The minimum atomic E-state index is -3.95. The lowest BCUT2D eigenvalue weighted by molar-refractivity contribution is 0.171. The Bertz CT molecular complexity index is 1130. The molecule has 4 rings (SSSR count). The summed E-state index contributed by atoms with van der Waals surface area (Å²) in [5.41, 5.74) is 0.0751. The summed E-state index contributed by atoms with van der Waals surface area (Å²) in [6.07, 6.45) is -0.0208. The van der Waals surface area contributed by atoms with Crippen molar-refractivity contribution in [3.8, 4) is 11.5 Å². The van der Waals surface area contributed by atoms with E-state index in [1.807, 2.05) is 0 Å². The topological polar surface area (TPSA) is 90.0 Å². The summed E-state index contributed by atoms with van der Waals surface area (Å²) in [6.45, 7) is 0.488. The highest BCUT2D eigenvalue weighted by Gasteiger charge is 2.37. The Morgan fingerprint density at radius 3 is 2.48 bits per heavy atom. The second-order valence-electron chi connectivity index (χ2n) is 6.88.